The van der Waals surface area contributed by atoms with Gasteiger partial charge in [-0.05, 0) is 24.3 Å². The van der Waals surface area contributed by atoms with Gasteiger partial charge in [0.2, 0.25) is 0 Å². The molecule has 8 heteroatoms. The van der Waals surface area contributed by atoms with Gasteiger partial charge in [-0.15, -0.1) is 0 Å². The Kier molecular flexibility index (Phi) is 5.05. The van der Waals surface area contributed by atoms with Gasteiger partial charge in [0.05, 0.1) is 5.02 Å². The first kappa shape index (κ1) is 18.7. The normalized spacial score (nSPS) is 11.3. The number of benzene rings is 1. The van der Waals surface area contributed by atoms with Crippen molar-refractivity contribution >= 4 is 35.0 Å². The van der Waals surface area contributed by atoms with Gasteiger partial charge in [0.1, 0.15) is 11.6 Å². The third-order valence-corrected chi connectivity index (χ3v) is 4.13. The van der Waals surface area contributed by atoms with Crippen LogP contribution in [0.1, 0.15) is 26.5 Å². The fraction of sp³-hybridized carbons (Fsp3) is 0.211. The molecule has 0 saturated heterocycles. The summed E-state index contributed by atoms with van der Waals surface area (Å²) in [5.41, 5.74) is 7.58. The predicted molar refractivity (Wildman–Crippen MR) is 107 cm³/mol. The van der Waals surface area contributed by atoms with Crippen LogP contribution in [0.2, 0.25) is 5.02 Å². The second kappa shape index (κ2) is 7.28. The molecule has 0 bridgehead atoms. The van der Waals surface area contributed by atoms with Crippen molar-refractivity contribution in [2.75, 3.05) is 16.4 Å². The van der Waals surface area contributed by atoms with E-state index in [2.05, 4.69) is 20.8 Å². The average Bonchev–Trinajstić information content (AvgIpc) is 3.05. The summed E-state index contributed by atoms with van der Waals surface area (Å²) in [5.74, 6) is 1.46. The summed E-state index contributed by atoms with van der Waals surface area (Å²) in [7, 11) is 0. The molecule has 0 atom stereocenters. The summed E-state index contributed by atoms with van der Waals surface area (Å²) >= 11 is 6.34. The van der Waals surface area contributed by atoms with Crippen molar-refractivity contribution in [3.8, 4) is 11.1 Å². The number of urea groups is 1. The molecule has 3 rings (SSSR count). The van der Waals surface area contributed by atoms with Crippen molar-refractivity contribution in [3.05, 3.63) is 53.4 Å². The highest BCUT2D eigenvalue weighted by Gasteiger charge is 2.20. The highest BCUT2D eigenvalue weighted by Crippen LogP contribution is 2.30. The first-order chi connectivity index (χ1) is 12.7. The smallest absolute Gasteiger partial charge is 0.324 e. The second-order valence-electron chi connectivity index (χ2n) is 7.07. The lowest BCUT2D eigenvalue weighted by Gasteiger charge is -2.12. The SMILES string of the molecule is CC(C)(C)c1cc(NC(=O)Nc2ccc(-c3ccc(N)nc3)c(Cl)c2)no1. The lowest BCUT2D eigenvalue weighted by molar-refractivity contribution is 0.262. The molecule has 27 heavy (non-hydrogen) atoms. The molecule has 2 heterocycles. The maximum absolute atomic E-state index is 12.2. The van der Waals surface area contributed by atoms with E-state index in [0.29, 0.717) is 28.1 Å². The molecule has 3 aromatic rings. The molecule has 140 valence electrons. The number of hydrogen-bond donors (Lipinski definition) is 3. The van der Waals surface area contributed by atoms with E-state index >= 15 is 0 Å². The van der Waals surface area contributed by atoms with Crippen molar-refractivity contribution in [2.24, 2.45) is 0 Å². The first-order valence-corrected chi connectivity index (χ1v) is 8.67. The zero-order valence-electron chi connectivity index (χ0n) is 15.2. The van der Waals surface area contributed by atoms with Gasteiger partial charge in [-0.3, -0.25) is 5.32 Å². The molecule has 2 amide bonds. The molecule has 0 saturated carbocycles. The Bertz CT molecular complexity index is 961. The van der Waals surface area contributed by atoms with Crippen molar-refractivity contribution in [3.63, 3.8) is 0 Å². The van der Waals surface area contributed by atoms with Gasteiger partial charge in [0.25, 0.3) is 0 Å². The number of carbonyl (C=O) groups excluding carboxylic acids is 1. The number of aromatic nitrogens is 2. The number of amides is 2. The third kappa shape index (κ3) is 4.57. The quantitative estimate of drug-likeness (QED) is 0.593. The molecule has 2 aromatic heterocycles. The van der Waals surface area contributed by atoms with Crippen LogP contribution in [0.15, 0.2) is 47.1 Å². The molecule has 0 aliphatic carbocycles. The van der Waals surface area contributed by atoms with Gasteiger partial charge < -0.3 is 15.6 Å². The fourth-order valence-corrected chi connectivity index (χ4v) is 2.65. The fourth-order valence-electron chi connectivity index (χ4n) is 2.36. The molecule has 0 unspecified atom stereocenters. The van der Waals surface area contributed by atoms with Gasteiger partial charge in [-0.25, -0.2) is 9.78 Å². The molecule has 0 radical (unpaired) electrons. The number of nitrogen functional groups attached to an aromatic ring is 1. The van der Waals surface area contributed by atoms with Crippen LogP contribution in [0.3, 0.4) is 0 Å². The second-order valence-corrected chi connectivity index (χ2v) is 7.48. The molecule has 0 fully saturated rings. The topological polar surface area (TPSA) is 106 Å². The van der Waals surface area contributed by atoms with Crippen LogP contribution in [0.5, 0.6) is 0 Å². The Hall–Kier alpha value is -3.06. The Morgan fingerprint density at radius 1 is 1.15 bits per heavy atom. The van der Waals surface area contributed by atoms with E-state index in [9.17, 15) is 4.79 Å². The van der Waals surface area contributed by atoms with Crippen LogP contribution < -0.4 is 16.4 Å². The monoisotopic (exact) mass is 385 g/mol. The molecule has 4 N–H and O–H groups in total. The molecule has 7 nitrogen and oxygen atoms in total. The van der Waals surface area contributed by atoms with E-state index < -0.39 is 6.03 Å². The number of nitrogens with two attached hydrogens (primary N) is 1. The molecular formula is C19H20ClN5O2. The summed E-state index contributed by atoms with van der Waals surface area (Å²) in [5, 5.41) is 9.68. The van der Waals surface area contributed by atoms with Crippen LogP contribution in [0, 0.1) is 0 Å². The van der Waals surface area contributed by atoms with Gasteiger partial charge >= 0.3 is 6.03 Å². The van der Waals surface area contributed by atoms with Crippen LogP contribution in [-0.4, -0.2) is 16.2 Å². The largest absolute Gasteiger partial charge is 0.384 e. The lowest BCUT2D eigenvalue weighted by atomic mass is 9.93. The predicted octanol–water partition coefficient (Wildman–Crippen LogP) is 4.91. The average molecular weight is 386 g/mol. The number of hydrogen-bond acceptors (Lipinski definition) is 5. The van der Waals surface area contributed by atoms with Crippen molar-refractivity contribution in [1.29, 1.82) is 0 Å². The van der Waals surface area contributed by atoms with E-state index in [1.165, 1.54) is 0 Å². The lowest BCUT2D eigenvalue weighted by Crippen LogP contribution is -2.19. The number of nitrogens with zero attached hydrogens (tertiary/aromatic N) is 2. The highest BCUT2D eigenvalue weighted by atomic mass is 35.5. The van der Waals surface area contributed by atoms with Gasteiger partial charge in [0, 0.05) is 34.5 Å². The summed E-state index contributed by atoms with van der Waals surface area (Å²) < 4.78 is 5.24. The summed E-state index contributed by atoms with van der Waals surface area (Å²) in [6.45, 7) is 5.99. The summed E-state index contributed by atoms with van der Waals surface area (Å²) in [4.78, 5) is 16.2. The Morgan fingerprint density at radius 3 is 2.52 bits per heavy atom. The molecule has 0 aliphatic heterocycles. The Labute approximate surface area is 161 Å². The van der Waals surface area contributed by atoms with Crippen LogP contribution in [-0.2, 0) is 5.41 Å². The van der Waals surface area contributed by atoms with Gasteiger partial charge in [-0.1, -0.05) is 43.6 Å². The maximum Gasteiger partial charge on any atom is 0.324 e. The summed E-state index contributed by atoms with van der Waals surface area (Å²) in [6.07, 6.45) is 1.65. The van der Waals surface area contributed by atoms with Crippen LogP contribution in [0.4, 0.5) is 22.1 Å². The van der Waals surface area contributed by atoms with Crippen molar-refractivity contribution in [1.82, 2.24) is 10.1 Å². The zero-order chi connectivity index (χ0) is 19.6. The minimum Gasteiger partial charge on any atom is -0.384 e. The van der Waals surface area contributed by atoms with Crippen molar-refractivity contribution in [2.45, 2.75) is 26.2 Å². The number of nitrogens with one attached hydrogen (secondary N) is 2. The summed E-state index contributed by atoms with van der Waals surface area (Å²) in [6, 6.07) is 10.0. The van der Waals surface area contributed by atoms with Crippen LogP contribution in [0.25, 0.3) is 11.1 Å². The highest BCUT2D eigenvalue weighted by molar-refractivity contribution is 6.33. The minimum absolute atomic E-state index is 0.191. The van der Waals surface area contributed by atoms with E-state index in [4.69, 9.17) is 21.9 Å². The molecular weight excluding hydrogens is 366 g/mol. The number of anilines is 3. The number of halogens is 1. The van der Waals surface area contributed by atoms with Gasteiger partial charge in [-0.2, -0.15) is 0 Å². The van der Waals surface area contributed by atoms with Gasteiger partial charge in [0.15, 0.2) is 5.82 Å². The van der Waals surface area contributed by atoms with Crippen molar-refractivity contribution < 1.29 is 9.32 Å². The molecule has 0 aliphatic rings. The standard InChI is InChI=1S/C19H20ClN5O2/c1-19(2,3)15-9-17(25-27-15)24-18(26)23-12-5-6-13(14(20)8-12)11-4-7-16(21)22-10-11/h4-10H,1-3H3,(H2,21,22)(H2,23,24,25,26). The zero-order valence-corrected chi connectivity index (χ0v) is 16.0. The number of rotatable bonds is 3. The number of carbonyl (C=O) groups is 1. The Balaban J connectivity index is 1.68. The van der Waals surface area contributed by atoms with E-state index in [0.717, 1.165) is 11.1 Å². The van der Waals surface area contributed by atoms with Crippen LogP contribution >= 0.6 is 11.6 Å². The molecule has 1 aromatic carbocycles. The third-order valence-electron chi connectivity index (χ3n) is 3.82. The Morgan fingerprint density at radius 2 is 1.93 bits per heavy atom. The minimum atomic E-state index is -0.443. The first-order valence-electron chi connectivity index (χ1n) is 8.29. The van der Waals surface area contributed by atoms with E-state index in [-0.39, 0.29) is 5.41 Å². The van der Waals surface area contributed by atoms with E-state index in [1.54, 1.807) is 36.5 Å². The number of pyridine rings is 1. The molecule has 0 spiro atoms. The maximum atomic E-state index is 12.2. The van der Waals surface area contributed by atoms with E-state index in [1.807, 2.05) is 26.8 Å².